The molecule has 0 bridgehead atoms. The van der Waals surface area contributed by atoms with Crippen molar-refractivity contribution in [1.82, 2.24) is 15.2 Å². The summed E-state index contributed by atoms with van der Waals surface area (Å²) < 4.78 is 2.49. The molecule has 0 aliphatic heterocycles. The van der Waals surface area contributed by atoms with Crippen LogP contribution < -0.4 is 5.43 Å². The Kier molecular flexibility index (Phi) is 4.77. The van der Waals surface area contributed by atoms with Crippen molar-refractivity contribution in [1.29, 1.82) is 0 Å². The quantitative estimate of drug-likeness (QED) is 0.487. The number of aromatic nitrogens is 2. The van der Waals surface area contributed by atoms with Gasteiger partial charge in [0.05, 0.1) is 16.9 Å². The van der Waals surface area contributed by atoms with Gasteiger partial charge in [-0.3, -0.25) is 9.48 Å². The average Bonchev–Trinajstić information content (AvgIpc) is 2.65. The van der Waals surface area contributed by atoms with Gasteiger partial charge in [-0.25, -0.2) is 5.43 Å². The number of hydrogen-bond acceptors (Lipinski definition) is 3. The number of carbonyl (C=O) groups is 1. The maximum Gasteiger partial charge on any atom is 0.291 e. The molecule has 0 saturated heterocycles. The normalized spacial score (nSPS) is 11.0. The van der Waals surface area contributed by atoms with E-state index in [0.29, 0.717) is 16.4 Å². The van der Waals surface area contributed by atoms with E-state index in [4.69, 9.17) is 11.6 Å². The van der Waals surface area contributed by atoms with Gasteiger partial charge >= 0.3 is 0 Å². The maximum absolute atomic E-state index is 12.0. The molecule has 5 nitrogen and oxygen atoms in total. The molecule has 2 rings (SSSR count). The SMILES string of the molecule is Cc1nn(C)c(C(=O)N/N=C/c2ccccc2I)c1Cl. The number of hydrogen-bond donors (Lipinski definition) is 1. The van der Waals surface area contributed by atoms with Crippen molar-refractivity contribution in [2.45, 2.75) is 6.92 Å². The van der Waals surface area contributed by atoms with Crippen LogP contribution in [0.5, 0.6) is 0 Å². The fourth-order valence-corrected chi connectivity index (χ4v) is 2.44. The zero-order chi connectivity index (χ0) is 14.7. The van der Waals surface area contributed by atoms with Crippen molar-refractivity contribution in [2.75, 3.05) is 0 Å². The third-order valence-corrected chi connectivity index (χ3v) is 4.07. The van der Waals surface area contributed by atoms with Crippen LogP contribution in [0.15, 0.2) is 29.4 Å². The number of amides is 1. The Morgan fingerprint density at radius 2 is 2.20 bits per heavy atom. The number of halogens is 2. The molecule has 1 aromatic carbocycles. The summed E-state index contributed by atoms with van der Waals surface area (Å²) >= 11 is 8.24. The fraction of sp³-hybridized carbons (Fsp3) is 0.154. The molecule has 0 saturated carbocycles. The molecule has 1 N–H and O–H groups in total. The number of aryl methyl sites for hydroxylation is 2. The molecule has 0 aliphatic rings. The molecule has 20 heavy (non-hydrogen) atoms. The summed E-state index contributed by atoms with van der Waals surface area (Å²) in [5.74, 6) is -0.389. The van der Waals surface area contributed by atoms with Crippen molar-refractivity contribution in [3.05, 3.63) is 49.8 Å². The van der Waals surface area contributed by atoms with Crippen LogP contribution in [0.3, 0.4) is 0 Å². The van der Waals surface area contributed by atoms with Crippen LogP contribution in [0.2, 0.25) is 5.02 Å². The Morgan fingerprint density at radius 3 is 2.80 bits per heavy atom. The van der Waals surface area contributed by atoms with Crippen LogP contribution in [0.4, 0.5) is 0 Å². The molecule has 0 radical (unpaired) electrons. The molecule has 0 spiro atoms. The Balaban J connectivity index is 2.11. The van der Waals surface area contributed by atoms with Crippen LogP contribution >= 0.6 is 34.2 Å². The number of rotatable bonds is 3. The van der Waals surface area contributed by atoms with Gasteiger partial charge in [0.1, 0.15) is 5.69 Å². The number of nitrogens with one attached hydrogen (secondary N) is 1. The molecule has 1 aromatic heterocycles. The highest BCUT2D eigenvalue weighted by atomic mass is 127. The third kappa shape index (κ3) is 3.18. The van der Waals surface area contributed by atoms with Gasteiger partial charge in [0.15, 0.2) is 0 Å². The molecule has 1 amide bonds. The van der Waals surface area contributed by atoms with Crippen LogP contribution in [0, 0.1) is 10.5 Å². The van der Waals surface area contributed by atoms with Crippen molar-refractivity contribution in [3.8, 4) is 0 Å². The van der Waals surface area contributed by atoms with Crippen molar-refractivity contribution in [2.24, 2.45) is 12.1 Å². The van der Waals surface area contributed by atoms with Gasteiger partial charge < -0.3 is 0 Å². The largest absolute Gasteiger partial charge is 0.291 e. The molecule has 0 aliphatic carbocycles. The number of nitrogens with zero attached hydrogens (tertiary/aromatic N) is 3. The van der Waals surface area contributed by atoms with E-state index in [1.807, 2.05) is 24.3 Å². The first-order valence-corrected chi connectivity index (χ1v) is 7.23. The Bertz CT molecular complexity index is 681. The lowest BCUT2D eigenvalue weighted by molar-refractivity contribution is 0.0946. The molecule has 7 heteroatoms. The maximum atomic E-state index is 12.0. The zero-order valence-electron chi connectivity index (χ0n) is 10.9. The molecular formula is C13H12ClIN4O. The monoisotopic (exact) mass is 402 g/mol. The van der Waals surface area contributed by atoms with E-state index in [0.717, 1.165) is 9.13 Å². The Hall–Kier alpha value is -1.41. The summed E-state index contributed by atoms with van der Waals surface area (Å²) in [7, 11) is 1.66. The molecule has 0 atom stereocenters. The van der Waals surface area contributed by atoms with E-state index in [9.17, 15) is 4.79 Å². The molecule has 1 heterocycles. The highest BCUT2D eigenvalue weighted by molar-refractivity contribution is 14.1. The van der Waals surface area contributed by atoms with E-state index >= 15 is 0 Å². The van der Waals surface area contributed by atoms with E-state index in [-0.39, 0.29) is 5.91 Å². The van der Waals surface area contributed by atoms with Gasteiger partial charge in [-0.05, 0) is 35.6 Å². The summed E-state index contributed by atoms with van der Waals surface area (Å²) in [6, 6.07) is 7.73. The van der Waals surface area contributed by atoms with E-state index < -0.39 is 0 Å². The summed E-state index contributed by atoms with van der Waals surface area (Å²) in [5.41, 5.74) is 4.29. The minimum absolute atomic E-state index is 0.295. The van der Waals surface area contributed by atoms with Crippen LogP contribution in [-0.2, 0) is 7.05 Å². The predicted molar refractivity (Wildman–Crippen MR) is 87.2 cm³/mol. The van der Waals surface area contributed by atoms with Crippen molar-refractivity contribution in [3.63, 3.8) is 0 Å². The highest BCUT2D eigenvalue weighted by Gasteiger charge is 2.17. The van der Waals surface area contributed by atoms with Crippen LogP contribution in [0.25, 0.3) is 0 Å². The Morgan fingerprint density at radius 1 is 1.50 bits per heavy atom. The second-order valence-electron chi connectivity index (χ2n) is 4.09. The fourth-order valence-electron chi connectivity index (χ4n) is 1.67. The topological polar surface area (TPSA) is 59.3 Å². The summed E-state index contributed by atoms with van der Waals surface area (Å²) in [6.45, 7) is 1.74. The molecule has 0 unspecified atom stereocenters. The smallest absolute Gasteiger partial charge is 0.266 e. The number of hydrazone groups is 1. The third-order valence-electron chi connectivity index (χ3n) is 2.64. The first kappa shape index (κ1) is 15.0. The van der Waals surface area contributed by atoms with Gasteiger partial charge in [0, 0.05) is 16.2 Å². The minimum atomic E-state index is -0.389. The number of benzene rings is 1. The van der Waals surface area contributed by atoms with Crippen molar-refractivity contribution < 1.29 is 4.79 Å². The first-order valence-electron chi connectivity index (χ1n) is 5.77. The lowest BCUT2D eigenvalue weighted by atomic mass is 10.2. The second kappa shape index (κ2) is 6.36. The second-order valence-corrected chi connectivity index (χ2v) is 5.63. The Labute approximate surface area is 135 Å². The predicted octanol–water partition coefficient (Wildman–Crippen LogP) is 2.75. The summed E-state index contributed by atoms with van der Waals surface area (Å²) in [5, 5.41) is 8.37. The van der Waals surface area contributed by atoms with Gasteiger partial charge in [-0.15, -0.1) is 0 Å². The van der Waals surface area contributed by atoms with Crippen molar-refractivity contribution >= 4 is 46.3 Å². The van der Waals surface area contributed by atoms with Gasteiger partial charge in [-0.1, -0.05) is 29.8 Å². The lowest BCUT2D eigenvalue weighted by Gasteiger charge is -2.01. The van der Waals surface area contributed by atoms with Crippen LogP contribution in [0.1, 0.15) is 21.7 Å². The lowest BCUT2D eigenvalue weighted by Crippen LogP contribution is -2.21. The number of carbonyl (C=O) groups excluding carboxylic acids is 1. The molecule has 104 valence electrons. The van der Waals surface area contributed by atoms with E-state index in [1.54, 1.807) is 20.2 Å². The molecular weight excluding hydrogens is 391 g/mol. The van der Waals surface area contributed by atoms with E-state index in [2.05, 4.69) is 38.2 Å². The highest BCUT2D eigenvalue weighted by Crippen LogP contribution is 2.18. The molecule has 2 aromatic rings. The van der Waals surface area contributed by atoms with Gasteiger partial charge in [0.2, 0.25) is 0 Å². The zero-order valence-corrected chi connectivity index (χ0v) is 13.8. The standard InChI is InChI=1S/C13H12ClIN4O/c1-8-11(14)12(19(2)18-8)13(20)17-16-7-9-5-3-4-6-10(9)15/h3-7H,1-2H3,(H,17,20)/b16-7+. The first-order chi connectivity index (χ1) is 9.50. The minimum Gasteiger partial charge on any atom is -0.266 e. The van der Waals surface area contributed by atoms with Gasteiger partial charge in [-0.2, -0.15) is 10.2 Å². The molecule has 0 fully saturated rings. The summed E-state index contributed by atoms with van der Waals surface area (Å²) in [6.07, 6.45) is 1.59. The van der Waals surface area contributed by atoms with E-state index in [1.165, 1.54) is 4.68 Å². The van der Waals surface area contributed by atoms with Crippen LogP contribution in [-0.4, -0.2) is 21.9 Å². The summed E-state index contributed by atoms with van der Waals surface area (Å²) in [4.78, 5) is 12.0. The average molecular weight is 403 g/mol. The van der Waals surface area contributed by atoms with Gasteiger partial charge in [0.25, 0.3) is 5.91 Å².